The van der Waals surface area contributed by atoms with Crippen molar-refractivity contribution in [2.24, 2.45) is 0 Å². The number of carbonyl (C=O) groups excluding carboxylic acids is 2. The van der Waals surface area contributed by atoms with Crippen LogP contribution in [-0.2, 0) is 11.3 Å². The van der Waals surface area contributed by atoms with Crippen LogP contribution < -0.4 is 9.47 Å². The van der Waals surface area contributed by atoms with Crippen molar-refractivity contribution in [2.75, 3.05) is 13.7 Å². The first-order valence-corrected chi connectivity index (χ1v) is 10.0. The van der Waals surface area contributed by atoms with Gasteiger partial charge in [0.15, 0.2) is 11.5 Å². The van der Waals surface area contributed by atoms with Gasteiger partial charge in [-0.15, -0.1) is 0 Å². The molecule has 0 saturated carbocycles. The van der Waals surface area contributed by atoms with E-state index in [2.05, 4.69) is 22.5 Å². The smallest absolute Gasteiger partial charge is 0.293 e. The second-order valence-electron chi connectivity index (χ2n) is 5.87. The van der Waals surface area contributed by atoms with Gasteiger partial charge in [-0.2, -0.15) is 0 Å². The third-order valence-corrected chi connectivity index (χ3v) is 5.68. The van der Waals surface area contributed by atoms with Gasteiger partial charge in [0.2, 0.25) is 0 Å². The lowest BCUT2D eigenvalue weighted by Crippen LogP contribution is -2.27. The molecule has 2 aromatic rings. The van der Waals surface area contributed by atoms with Crippen LogP contribution in [0, 0.1) is 0 Å². The van der Waals surface area contributed by atoms with Gasteiger partial charge < -0.3 is 9.47 Å². The Labute approximate surface area is 176 Å². The number of methoxy groups -OCH3 is 1. The number of carbonyl (C=O) groups is 2. The maximum atomic E-state index is 12.7. The van der Waals surface area contributed by atoms with E-state index < -0.39 is 0 Å². The van der Waals surface area contributed by atoms with Gasteiger partial charge in [-0.3, -0.25) is 14.5 Å². The summed E-state index contributed by atoms with van der Waals surface area (Å²) in [5.74, 6) is 0.821. The third kappa shape index (κ3) is 4.48. The average molecular weight is 460 g/mol. The van der Waals surface area contributed by atoms with Crippen LogP contribution in [0.5, 0.6) is 11.5 Å². The molecule has 5 nitrogen and oxygen atoms in total. The van der Waals surface area contributed by atoms with E-state index in [0.717, 1.165) is 27.4 Å². The molecule has 1 heterocycles. The lowest BCUT2D eigenvalue weighted by molar-refractivity contribution is -0.123. The average Bonchev–Trinajstić information content (AvgIpc) is 2.95. The summed E-state index contributed by atoms with van der Waals surface area (Å²) in [5, 5.41) is -0.287. The van der Waals surface area contributed by atoms with E-state index in [0.29, 0.717) is 23.0 Å². The van der Waals surface area contributed by atoms with Gasteiger partial charge in [-0.1, -0.05) is 52.9 Å². The van der Waals surface area contributed by atoms with Gasteiger partial charge >= 0.3 is 0 Å². The summed E-state index contributed by atoms with van der Waals surface area (Å²) >= 11 is 4.38. The summed E-state index contributed by atoms with van der Waals surface area (Å²) in [6.45, 7) is 4.21. The number of ether oxygens (including phenoxy) is 2. The van der Waals surface area contributed by atoms with Gasteiger partial charge in [-0.05, 0) is 47.2 Å². The van der Waals surface area contributed by atoms with Crippen LogP contribution in [0.4, 0.5) is 4.79 Å². The van der Waals surface area contributed by atoms with Crippen molar-refractivity contribution >= 4 is 44.9 Å². The van der Waals surface area contributed by atoms with Crippen molar-refractivity contribution in [2.45, 2.75) is 6.54 Å². The minimum Gasteiger partial charge on any atom is -0.493 e. The van der Waals surface area contributed by atoms with Gasteiger partial charge in [0.1, 0.15) is 6.61 Å². The largest absolute Gasteiger partial charge is 0.493 e. The second-order valence-corrected chi connectivity index (χ2v) is 7.72. The minimum atomic E-state index is -0.309. The molecule has 3 rings (SSSR count). The molecule has 0 aliphatic carbocycles. The first kappa shape index (κ1) is 20.2. The summed E-state index contributed by atoms with van der Waals surface area (Å²) in [6, 6.07) is 12.9. The topological polar surface area (TPSA) is 55.8 Å². The van der Waals surface area contributed by atoms with E-state index in [4.69, 9.17) is 9.47 Å². The highest BCUT2D eigenvalue weighted by molar-refractivity contribution is 9.10. The monoisotopic (exact) mass is 459 g/mol. The molecule has 28 heavy (non-hydrogen) atoms. The van der Waals surface area contributed by atoms with E-state index in [1.165, 1.54) is 4.90 Å². The maximum Gasteiger partial charge on any atom is 0.293 e. The van der Waals surface area contributed by atoms with Crippen molar-refractivity contribution < 1.29 is 19.1 Å². The predicted octanol–water partition coefficient (Wildman–Crippen LogP) is 5.26. The van der Waals surface area contributed by atoms with Crippen LogP contribution >= 0.6 is 27.7 Å². The quantitative estimate of drug-likeness (QED) is 0.417. The first-order chi connectivity index (χ1) is 13.5. The molecule has 2 amide bonds. The number of nitrogens with zero attached hydrogens (tertiary/aromatic N) is 1. The Kier molecular flexibility index (Phi) is 6.59. The van der Waals surface area contributed by atoms with Gasteiger partial charge in [-0.25, -0.2) is 0 Å². The molecular weight excluding hydrogens is 442 g/mol. The summed E-state index contributed by atoms with van der Waals surface area (Å²) in [6.07, 6.45) is 3.33. The fourth-order valence-corrected chi connectivity index (χ4v) is 3.88. The summed E-state index contributed by atoms with van der Waals surface area (Å²) in [7, 11) is 1.55. The molecule has 0 aromatic heterocycles. The number of benzene rings is 2. The molecule has 0 spiro atoms. The van der Waals surface area contributed by atoms with Crippen LogP contribution in [0.25, 0.3) is 6.08 Å². The first-order valence-electron chi connectivity index (χ1n) is 8.44. The molecule has 0 N–H and O–H groups in total. The van der Waals surface area contributed by atoms with Crippen molar-refractivity contribution in [3.05, 3.63) is 75.6 Å². The molecule has 1 aliphatic heterocycles. The normalized spacial score (nSPS) is 15.2. The highest BCUT2D eigenvalue weighted by atomic mass is 79.9. The Balaban J connectivity index is 1.81. The number of imide groups is 1. The Morgan fingerprint density at radius 3 is 2.68 bits per heavy atom. The fourth-order valence-electron chi connectivity index (χ4n) is 2.63. The molecule has 0 radical (unpaired) electrons. The van der Waals surface area contributed by atoms with E-state index in [-0.39, 0.29) is 17.7 Å². The Morgan fingerprint density at radius 2 is 1.96 bits per heavy atom. The maximum absolute atomic E-state index is 12.7. The Morgan fingerprint density at radius 1 is 1.18 bits per heavy atom. The van der Waals surface area contributed by atoms with E-state index in [1.807, 2.05) is 30.3 Å². The fraction of sp³-hybridized carbons (Fsp3) is 0.143. The molecule has 0 atom stereocenters. The number of thioether (sulfide) groups is 1. The summed E-state index contributed by atoms with van der Waals surface area (Å²) < 4.78 is 11.7. The van der Waals surface area contributed by atoms with Crippen molar-refractivity contribution in [1.29, 1.82) is 0 Å². The predicted molar refractivity (Wildman–Crippen MR) is 114 cm³/mol. The number of amides is 2. The van der Waals surface area contributed by atoms with E-state index in [9.17, 15) is 9.59 Å². The number of hydrogen-bond acceptors (Lipinski definition) is 5. The standard InChI is InChI=1S/C21H18BrNO4S/c1-3-10-27-17-9-8-14(11-18(17)26-2)12-19-20(24)23(21(25)28-19)13-15-6-4-5-7-16(15)22/h3-9,11-12H,1,10,13H2,2H3/b19-12+. The molecule has 0 bridgehead atoms. The summed E-state index contributed by atoms with van der Waals surface area (Å²) in [5.41, 5.74) is 1.62. The third-order valence-electron chi connectivity index (χ3n) is 4.00. The van der Waals surface area contributed by atoms with E-state index in [1.54, 1.807) is 31.4 Å². The highest BCUT2D eigenvalue weighted by Gasteiger charge is 2.35. The Hall–Kier alpha value is -2.51. The van der Waals surface area contributed by atoms with Crippen LogP contribution in [0.3, 0.4) is 0 Å². The SMILES string of the molecule is C=CCOc1ccc(/C=C2/SC(=O)N(Cc3ccccc3Br)C2=O)cc1OC. The van der Waals surface area contributed by atoms with Gasteiger partial charge in [0, 0.05) is 4.47 Å². The number of halogens is 1. The lowest BCUT2D eigenvalue weighted by Gasteiger charge is -2.13. The molecule has 1 aliphatic rings. The van der Waals surface area contributed by atoms with Crippen LogP contribution in [0.1, 0.15) is 11.1 Å². The van der Waals surface area contributed by atoms with Gasteiger partial charge in [0.05, 0.1) is 18.6 Å². The minimum absolute atomic E-state index is 0.223. The molecule has 144 valence electrons. The van der Waals surface area contributed by atoms with Crippen molar-refractivity contribution in [3.63, 3.8) is 0 Å². The Bertz CT molecular complexity index is 957. The van der Waals surface area contributed by atoms with Crippen molar-refractivity contribution in [3.8, 4) is 11.5 Å². The van der Waals surface area contributed by atoms with Crippen LogP contribution in [-0.4, -0.2) is 29.8 Å². The van der Waals surface area contributed by atoms with Crippen LogP contribution in [0.2, 0.25) is 0 Å². The zero-order chi connectivity index (χ0) is 20.1. The molecule has 1 fully saturated rings. The van der Waals surface area contributed by atoms with Crippen molar-refractivity contribution in [1.82, 2.24) is 4.90 Å². The molecular formula is C21H18BrNO4S. The van der Waals surface area contributed by atoms with Crippen LogP contribution in [0.15, 0.2) is 64.5 Å². The highest BCUT2D eigenvalue weighted by Crippen LogP contribution is 2.35. The number of rotatable bonds is 7. The molecule has 2 aromatic carbocycles. The molecule has 1 saturated heterocycles. The zero-order valence-electron chi connectivity index (χ0n) is 15.2. The molecule has 7 heteroatoms. The van der Waals surface area contributed by atoms with E-state index >= 15 is 0 Å². The van der Waals surface area contributed by atoms with Gasteiger partial charge in [0.25, 0.3) is 11.1 Å². The summed E-state index contributed by atoms with van der Waals surface area (Å²) in [4.78, 5) is 26.7. The molecule has 0 unspecified atom stereocenters. The number of hydrogen-bond donors (Lipinski definition) is 0. The lowest BCUT2D eigenvalue weighted by atomic mass is 10.1. The zero-order valence-corrected chi connectivity index (χ0v) is 17.6. The second kappa shape index (κ2) is 9.12.